The van der Waals surface area contributed by atoms with E-state index >= 15 is 0 Å². The van der Waals surface area contributed by atoms with Crippen molar-refractivity contribution in [1.82, 2.24) is 24.8 Å². The third-order valence-electron chi connectivity index (χ3n) is 5.27. The summed E-state index contributed by atoms with van der Waals surface area (Å²) in [6.45, 7) is 0.356. The van der Waals surface area contributed by atoms with Crippen LogP contribution in [0.25, 0.3) is 11.4 Å². The Labute approximate surface area is 158 Å². The van der Waals surface area contributed by atoms with Gasteiger partial charge in [0.15, 0.2) is 5.82 Å². The summed E-state index contributed by atoms with van der Waals surface area (Å²) in [7, 11) is -3.35. The molecular formula is C18H23N5O3S. The number of nitrogens with zero attached hydrogens (tertiary/aromatic N) is 3. The Morgan fingerprint density at radius 3 is 2.63 bits per heavy atom. The van der Waals surface area contributed by atoms with Crippen LogP contribution in [-0.2, 0) is 14.8 Å². The Morgan fingerprint density at radius 1 is 1.26 bits per heavy atom. The molecule has 0 unspecified atom stereocenters. The number of carbonyl (C=O) groups is 1. The van der Waals surface area contributed by atoms with Gasteiger partial charge in [-0.25, -0.2) is 18.1 Å². The first kappa shape index (κ1) is 18.1. The van der Waals surface area contributed by atoms with Gasteiger partial charge < -0.3 is 4.90 Å². The van der Waals surface area contributed by atoms with Gasteiger partial charge in [-0.2, -0.15) is 5.10 Å². The number of rotatable bonds is 5. The molecule has 2 heterocycles. The zero-order valence-electron chi connectivity index (χ0n) is 15.1. The lowest BCUT2D eigenvalue weighted by atomic mass is 9.84. The van der Waals surface area contributed by atoms with E-state index in [1.807, 2.05) is 30.3 Å². The lowest BCUT2D eigenvalue weighted by Crippen LogP contribution is -2.41. The molecule has 9 heteroatoms. The maximum atomic E-state index is 12.9. The van der Waals surface area contributed by atoms with Crippen LogP contribution in [0, 0.1) is 5.92 Å². The summed E-state index contributed by atoms with van der Waals surface area (Å²) < 4.78 is 25.9. The Bertz CT molecular complexity index is 923. The van der Waals surface area contributed by atoms with Gasteiger partial charge in [-0.3, -0.25) is 9.89 Å². The minimum Gasteiger partial charge on any atom is -0.331 e. The summed E-state index contributed by atoms with van der Waals surface area (Å²) in [5, 5.41) is 7.25. The number of aromatic nitrogens is 3. The van der Waals surface area contributed by atoms with Crippen LogP contribution >= 0.6 is 0 Å². The molecule has 4 rings (SSSR count). The van der Waals surface area contributed by atoms with Crippen LogP contribution in [0.3, 0.4) is 0 Å². The van der Waals surface area contributed by atoms with E-state index in [4.69, 9.17) is 0 Å². The van der Waals surface area contributed by atoms with E-state index in [0.29, 0.717) is 24.6 Å². The second kappa shape index (κ2) is 7.05. The molecule has 0 radical (unpaired) electrons. The van der Waals surface area contributed by atoms with Crippen LogP contribution in [0.2, 0.25) is 0 Å². The van der Waals surface area contributed by atoms with Crippen LogP contribution < -0.4 is 4.72 Å². The van der Waals surface area contributed by atoms with Crippen molar-refractivity contribution in [2.45, 2.75) is 37.8 Å². The predicted octanol–water partition coefficient (Wildman–Crippen LogP) is 1.46. The average molecular weight is 389 g/mol. The third-order valence-corrected chi connectivity index (χ3v) is 6.03. The summed E-state index contributed by atoms with van der Waals surface area (Å²) in [4.78, 5) is 19.2. The van der Waals surface area contributed by atoms with Crippen molar-refractivity contribution in [3.8, 4) is 11.4 Å². The smallest absolute Gasteiger partial charge is 0.226 e. The first-order valence-corrected chi connectivity index (χ1v) is 11.1. The molecule has 0 spiro atoms. The summed E-state index contributed by atoms with van der Waals surface area (Å²) in [5.74, 6) is 1.29. The number of amides is 1. The zero-order valence-corrected chi connectivity index (χ0v) is 15.9. The van der Waals surface area contributed by atoms with E-state index in [1.165, 1.54) is 0 Å². The number of benzene rings is 1. The monoisotopic (exact) mass is 389 g/mol. The first-order chi connectivity index (χ1) is 12.9. The zero-order chi connectivity index (χ0) is 19.0. The fourth-order valence-electron chi connectivity index (χ4n) is 3.76. The fourth-order valence-corrected chi connectivity index (χ4v) is 4.53. The third kappa shape index (κ3) is 3.89. The van der Waals surface area contributed by atoms with Crippen molar-refractivity contribution in [3.63, 3.8) is 0 Å². The van der Waals surface area contributed by atoms with Crippen LogP contribution in [0.4, 0.5) is 0 Å². The standard InChI is InChI=1S/C18H23N5O3S/c1-27(25,26)22-14-10-15(23(11-14)18(24)13-8-5-9-13)17-19-16(20-21-17)12-6-3-2-4-7-12/h2-4,6-7,13-15,22H,5,8-11H2,1H3,(H,19,20,21)/t14-,15-/m0/s1. The molecule has 144 valence electrons. The number of H-pyrrole nitrogens is 1. The second-order valence-electron chi connectivity index (χ2n) is 7.37. The highest BCUT2D eigenvalue weighted by Gasteiger charge is 2.42. The Balaban J connectivity index is 1.59. The predicted molar refractivity (Wildman–Crippen MR) is 100.0 cm³/mol. The van der Waals surface area contributed by atoms with Gasteiger partial charge in [-0.1, -0.05) is 36.8 Å². The minimum atomic E-state index is -3.35. The van der Waals surface area contributed by atoms with Crippen LogP contribution in [0.15, 0.2) is 30.3 Å². The molecule has 2 fully saturated rings. The lowest BCUT2D eigenvalue weighted by Gasteiger charge is -2.32. The minimum absolute atomic E-state index is 0.0426. The normalized spacial score (nSPS) is 23.4. The Hall–Kier alpha value is -2.26. The molecule has 2 aromatic rings. The van der Waals surface area contributed by atoms with Gasteiger partial charge in [0.25, 0.3) is 0 Å². The van der Waals surface area contributed by atoms with Crippen LogP contribution in [0.5, 0.6) is 0 Å². The van der Waals surface area contributed by atoms with E-state index in [0.717, 1.165) is 31.1 Å². The molecule has 1 saturated heterocycles. The molecule has 1 amide bonds. The molecule has 0 bridgehead atoms. The molecule has 8 nitrogen and oxygen atoms in total. The highest BCUT2D eigenvalue weighted by molar-refractivity contribution is 7.88. The number of hydrogen-bond acceptors (Lipinski definition) is 5. The molecular weight excluding hydrogens is 366 g/mol. The van der Waals surface area contributed by atoms with Crippen LogP contribution in [-0.4, -0.2) is 53.2 Å². The van der Waals surface area contributed by atoms with E-state index < -0.39 is 10.0 Å². The highest BCUT2D eigenvalue weighted by Crippen LogP contribution is 2.36. The molecule has 2 aliphatic rings. The van der Waals surface area contributed by atoms with Crippen molar-refractivity contribution in [2.24, 2.45) is 5.92 Å². The van der Waals surface area contributed by atoms with Crippen molar-refractivity contribution >= 4 is 15.9 Å². The van der Waals surface area contributed by atoms with Crippen molar-refractivity contribution in [3.05, 3.63) is 36.2 Å². The van der Waals surface area contributed by atoms with E-state index in [-0.39, 0.29) is 23.9 Å². The van der Waals surface area contributed by atoms with Crippen LogP contribution in [0.1, 0.15) is 37.5 Å². The molecule has 27 heavy (non-hydrogen) atoms. The maximum Gasteiger partial charge on any atom is 0.226 e. The van der Waals surface area contributed by atoms with Gasteiger partial charge in [-0.05, 0) is 19.3 Å². The van der Waals surface area contributed by atoms with Gasteiger partial charge in [0.1, 0.15) is 5.82 Å². The van der Waals surface area contributed by atoms with Gasteiger partial charge in [-0.15, -0.1) is 0 Å². The fraction of sp³-hybridized carbons (Fsp3) is 0.500. The summed E-state index contributed by atoms with van der Waals surface area (Å²) in [6, 6.07) is 8.98. The summed E-state index contributed by atoms with van der Waals surface area (Å²) in [6.07, 6.45) is 4.49. The Morgan fingerprint density at radius 2 is 2.00 bits per heavy atom. The molecule has 1 saturated carbocycles. The molecule has 2 N–H and O–H groups in total. The summed E-state index contributed by atoms with van der Waals surface area (Å²) in [5.41, 5.74) is 0.890. The molecule has 1 aliphatic carbocycles. The van der Waals surface area contributed by atoms with E-state index in [2.05, 4.69) is 19.9 Å². The second-order valence-corrected chi connectivity index (χ2v) is 9.15. The number of aromatic amines is 1. The summed E-state index contributed by atoms with van der Waals surface area (Å²) >= 11 is 0. The largest absolute Gasteiger partial charge is 0.331 e. The van der Waals surface area contributed by atoms with Crippen molar-refractivity contribution in [2.75, 3.05) is 12.8 Å². The number of hydrogen-bond donors (Lipinski definition) is 2. The van der Waals surface area contributed by atoms with Crippen molar-refractivity contribution in [1.29, 1.82) is 0 Å². The number of carbonyl (C=O) groups excluding carboxylic acids is 1. The quantitative estimate of drug-likeness (QED) is 0.805. The Kier molecular flexibility index (Phi) is 4.73. The van der Waals surface area contributed by atoms with E-state index in [9.17, 15) is 13.2 Å². The molecule has 1 aromatic carbocycles. The topological polar surface area (TPSA) is 108 Å². The van der Waals surface area contributed by atoms with E-state index in [1.54, 1.807) is 4.90 Å². The number of likely N-dealkylation sites (tertiary alicyclic amines) is 1. The van der Waals surface area contributed by atoms with Gasteiger partial charge in [0, 0.05) is 24.1 Å². The SMILES string of the molecule is CS(=O)(=O)N[C@H]1C[C@@H](c2nc(-c3ccccc3)n[nH]2)N(C(=O)C2CCC2)C1. The molecule has 2 atom stereocenters. The number of sulfonamides is 1. The van der Waals surface area contributed by atoms with Gasteiger partial charge in [0.2, 0.25) is 15.9 Å². The van der Waals surface area contributed by atoms with Gasteiger partial charge >= 0.3 is 0 Å². The molecule has 1 aliphatic heterocycles. The van der Waals surface area contributed by atoms with Gasteiger partial charge in [0.05, 0.1) is 12.3 Å². The number of nitrogens with one attached hydrogen (secondary N) is 2. The maximum absolute atomic E-state index is 12.9. The highest BCUT2D eigenvalue weighted by atomic mass is 32.2. The molecule has 1 aromatic heterocycles. The van der Waals surface area contributed by atoms with Crippen molar-refractivity contribution < 1.29 is 13.2 Å². The lowest BCUT2D eigenvalue weighted by molar-refractivity contribution is -0.139. The first-order valence-electron chi connectivity index (χ1n) is 9.16. The average Bonchev–Trinajstić information content (AvgIpc) is 3.19.